The van der Waals surface area contributed by atoms with Crippen LogP contribution in [0.15, 0.2) is 0 Å². The van der Waals surface area contributed by atoms with Gasteiger partial charge in [-0.1, -0.05) is 13.3 Å². The molecular formula is C19H37N4O2+. The first-order chi connectivity index (χ1) is 12.0. The zero-order chi connectivity index (χ0) is 18.2. The minimum absolute atomic E-state index is 0.0324. The van der Waals surface area contributed by atoms with Crippen LogP contribution in [0.4, 0.5) is 4.79 Å². The number of piperidine rings is 1. The lowest BCUT2D eigenvalue weighted by atomic mass is 9.81. The van der Waals surface area contributed by atoms with Crippen LogP contribution in [-0.4, -0.2) is 62.1 Å². The van der Waals surface area contributed by atoms with Crippen molar-refractivity contribution in [2.75, 3.05) is 39.3 Å². The second-order valence-electron chi connectivity index (χ2n) is 8.03. The van der Waals surface area contributed by atoms with Crippen molar-refractivity contribution in [3.8, 4) is 0 Å². The summed E-state index contributed by atoms with van der Waals surface area (Å²) in [7, 11) is 0. The van der Waals surface area contributed by atoms with E-state index in [-0.39, 0.29) is 18.0 Å². The quantitative estimate of drug-likeness (QED) is 0.629. The number of amides is 3. The van der Waals surface area contributed by atoms with Crippen molar-refractivity contribution in [1.82, 2.24) is 15.5 Å². The Balaban J connectivity index is 1.71. The number of rotatable bonds is 7. The third kappa shape index (κ3) is 6.49. The first-order valence-electron chi connectivity index (χ1n) is 10.1. The third-order valence-electron chi connectivity index (χ3n) is 5.67. The summed E-state index contributed by atoms with van der Waals surface area (Å²) in [4.78, 5) is 28.0. The Hall–Kier alpha value is -1.30. The van der Waals surface area contributed by atoms with E-state index in [2.05, 4.69) is 17.6 Å². The van der Waals surface area contributed by atoms with E-state index < -0.39 is 0 Å². The molecule has 0 bridgehead atoms. The molecule has 25 heavy (non-hydrogen) atoms. The SMILES string of the molecule is CC[C@H]1CN(C(=O)NC(C)C)CC[C@H]1CC(=O)NCC[NH+]1CCCC1. The van der Waals surface area contributed by atoms with Gasteiger partial charge in [0, 0.05) is 38.4 Å². The number of quaternary nitrogens is 1. The first-order valence-corrected chi connectivity index (χ1v) is 10.1. The summed E-state index contributed by atoms with van der Waals surface area (Å²) in [6, 6.07) is 0.193. The standard InChI is InChI=1S/C19H36N4O2/c1-4-16-14-23(19(25)21-15(2)3)11-7-17(16)13-18(24)20-8-12-22-9-5-6-10-22/h15-17H,4-14H2,1-3H3,(H,20,24)(H,21,25)/p+1/t16-,17-/m0/s1. The highest BCUT2D eigenvalue weighted by atomic mass is 16.2. The van der Waals surface area contributed by atoms with Gasteiger partial charge in [-0.05, 0) is 32.1 Å². The molecule has 2 heterocycles. The van der Waals surface area contributed by atoms with Crippen LogP contribution in [0.5, 0.6) is 0 Å². The van der Waals surface area contributed by atoms with Gasteiger partial charge in [0.2, 0.25) is 5.91 Å². The van der Waals surface area contributed by atoms with Crippen LogP contribution in [0.3, 0.4) is 0 Å². The summed E-state index contributed by atoms with van der Waals surface area (Å²) in [5.74, 6) is 0.996. The lowest BCUT2D eigenvalue weighted by Gasteiger charge is -2.38. The van der Waals surface area contributed by atoms with Crippen LogP contribution in [0, 0.1) is 11.8 Å². The van der Waals surface area contributed by atoms with Gasteiger partial charge < -0.3 is 20.4 Å². The van der Waals surface area contributed by atoms with Crippen molar-refractivity contribution < 1.29 is 14.5 Å². The number of carbonyl (C=O) groups is 2. The molecule has 6 heteroatoms. The highest BCUT2D eigenvalue weighted by Crippen LogP contribution is 2.29. The molecule has 2 aliphatic heterocycles. The molecule has 2 rings (SSSR count). The van der Waals surface area contributed by atoms with Gasteiger partial charge in [-0.25, -0.2) is 4.79 Å². The molecule has 0 aromatic carbocycles. The van der Waals surface area contributed by atoms with Gasteiger partial charge in [0.25, 0.3) is 0 Å². The van der Waals surface area contributed by atoms with E-state index in [0.29, 0.717) is 18.3 Å². The zero-order valence-corrected chi connectivity index (χ0v) is 16.3. The Morgan fingerprint density at radius 3 is 2.56 bits per heavy atom. The fraction of sp³-hybridized carbons (Fsp3) is 0.895. The number of carbonyl (C=O) groups excluding carboxylic acids is 2. The van der Waals surface area contributed by atoms with Gasteiger partial charge in [0.15, 0.2) is 0 Å². The van der Waals surface area contributed by atoms with Gasteiger partial charge in [-0.2, -0.15) is 0 Å². The van der Waals surface area contributed by atoms with E-state index in [0.717, 1.165) is 39.0 Å². The van der Waals surface area contributed by atoms with Crippen LogP contribution in [0.25, 0.3) is 0 Å². The van der Waals surface area contributed by atoms with E-state index in [1.165, 1.54) is 25.9 Å². The Kier molecular flexibility index (Phi) is 8.00. The summed E-state index contributed by atoms with van der Waals surface area (Å²) in [5.41, 5.74) is 0. The van der Waals surface area contributed by atoms with Gasteiger partial charge in [0.1, 0.15) is 0 Å². The van der Waals surface area contributed by atoms with Crippen molar-refractivity contribution in [3.63, 3.8) is 0 Å². The third-order valence-corrected chi connectivity index (χ3v) is 5.67. The van der Waals surface area contributed by atoms with Gasteiger partial charge in [0.05, 0.1) is 26.2 Å². The molecule has 3 N–H and O–H groups in total. The number of hydrogen-bond donors (Lipinski definition) is 3. The summed E-state index contributed by atoms with van der Waals surface area (Å²) in [6.45, 7) is 12.0. The van der Waals surface area contributed by atoms with Crippen molar-refractivity contribution in [3.05, 3.63) is 0 Å². The van der Waals surface area contributed by atoms with Crippen LogP contribution in [-0.2, 0) is 4.79 Å². The van der Waals surface area contributed by atoms with Crippen molar-refractivity contribution in [2.24, 2.45) is 11.8 Å². The number of hydrogen-bond acceptors (Lipinski definition) is 2. The molecule has 0 unspecified atom stereocenters. The summed E-state index contributed by atoms with van der Waals surface area (Å²) >= 11 is 0. The molecule has 2 saturated heterocycles. The maximum atomic E-state index is 12.3. The Morgan fingerprint density at radius 1 is 1.20 bits per heavy atom. The highest BCUT2D eigenvalue weighted by molar-refractivity contribution is 5.76. The molecule has 3 amide bonds. The molecule has 2 aliphatic rings. The van der Waals surface area contributed by atoms with E-state index in [4.69, 9.17) is 0 Å². The molecule has 0 saturated carbocycles. The number of nitrogens with one attached hydrogen (secondary N) is 3. The smallest absolute Gasteiger partial charge is 0.317 e. The summed E-state index contributed by atoms with van der Waals surface area (Å²) < 4.78 is 0. The van der Waals surface area contributed by atoms with E-state index in [1.807, 2.05) is 18.7 Å². The molecular weight excluding hydrogens is 316 g/mol. The average Bonchev–Trinajstić information content (AvgIpc) is 3.08. The Bertz CT molecular complexity index is 435. The van der Waals surface area contributed by atoms with Crippen LogP contribution in [0.2, 0.25) is 0 Å². The molecule has 0 aromatic heterocycles. The minimum Gasteiger partial charge on any atom is -0.350 e. The number of urea groups is 1. The predicted molar refractivity (Wildman–Crippen MR) is 99.6 cm³/mol. The van der Waals surface area contributed by atoms with Crippen LogP contribution < -0.4 is 15.5 Å². The highest BCUT2D eigenvalue weighted by Gasteiger charge is 2.31. The number of likely N-dealkylation sites (tertiary alicyclic amines) is 2. The largest absolute Gasteiger partial charge is 0.350 e. The molecule has 0 radical (unpaired) electrons. The van der Waals surface area contributed by atoms with Gasteiger partial charge in [-0.15, -0.1) is 0 Å². The van der Waals surface area contributed by atoms with Crippen molar-refractivity contribution in [1.29, 1.82) is 0 Å². The Morgan fingerprint density at radius 2 is 1.92 bits per heavy atom. The van der Waals surface area contributed by atoms with Crippen molar-refractivity contribution in [2.45, 2.75) is 58.9 Å². The molecule has 6 nitrogen and oxygen atoms in total. The maximum absolute atomic E-state index is 12.3. The van der Waals surface area contributed by atoms with Crippen LogP contribution in [0.1, 0.15) is 52.9 Å². The topological polar surface area (TPSA) is 65.9 Å². The van der Waals surface area contributed by atoms with Gasteiger partial charge >= 0.3 is 6.03 Å². The first kappa shape index (κ1) is 20.0. The lowest BCUT2D eigenvalue weighted by molar-refractivity contribution is -0.886. The monoisotopic (exact) mass is 353 g/mol. The number of nitrogens with zero attached hydrogens (tertiary/aromatic N) is 1. The Labute approximate surface area is 152 Å². The summed E-state index contributed by atoms with van der Waals surface area (Å²) in [5, 5.41) is 6.08. The molecule has 2 fully saturated rings. The van der Waals surface area contributed by atoms with E-state index in [9.17, 15) is 9.59 Å². The maximum Gasteiger partial charge on any atom is 0.317 e. The molecule has 0 spiro atoms. The fourth-order valence-electron chi connectivity index (χ4n) is 4.15. The molecule has 0 aliphatic carbocycles. The molecule has 2 atom stereocenters. The second kappa shape index (κ2) is 10.00. The molecule has 144 valence electrons. The van der Waals surface area contributed by atoms with Crippen molar-refractivity contribution >= 4 is 11.9 Å². The zero-order valence-electron chi connectivity index (χ0n) is 16.3. The van der Waals surface area contributed by atoms with E-state index >= 15 is 0 Å². The normalized spacial score (nSPS) is 24.6. The lowest BCUT2D eigenvalue weighted by Crippen LogP contribution is -3.10. The second-order valence-corrected chi connectivity index (χ2v) is 8.03. The molecule has 0 aromatic rings. The summed E-state index contributed by atoms with van der Waals surface area (Å²) in [6.07, 6.45) is 5.19. The van der Waals surface area contributed by atoms with E-state index in [1.54, 1.807) is 4.90 Å². The van der Waals surface area contributed by atoms with Crippen LogP contribution >= 0.6 is 0 Å². The van der Waals surface area contributed by atoms with Gasteiger partial charge in [-0.3, -0.25) is 4.79 Å². The average molecular weight is 354 g/mol. The minimum atomic E-state index is 0.0324. The predicted octanol–water partition coefficient (Wildman–Crippen LogP) is 0.638. The fourth-order valence-corrected chi connectivity index (χ4v) is 4.15.